The lowest BCUT2D eigenvalue weighted by Crippen LogP contribution is -2.16. The number of hydrogen-bond acceptors (Lipinski definition) is 8. The van der Waals surface area contributed by atoms with E-state index in [1.807, 2.05) is 60.7 Å². The molecule has 1 N–H and O–H groups in total. The van der Waals surface area contributed by atoms with E-state index in [-0.39, 0.29) is 5.82 Å². The van der Waals surface area contributed by atoms with Crippen LogP contribution in [0.25, 0.3) is 10.2 Å². The predicted octanol–water partition coefficient (Wildman–Crippen LogP) is 7.72. The highest BCUT2D eigenvalue weighted by atomic mass is 32.1. The van der Waals surface area contributed by atoms with Gasteiger partial charge in [0.25, 0.3) is 11.8 Å². The van der Waals surface area contributed by atoms with E-state index in [1.165, 1.54) is 11.8 Å². The van der Waals surface area contributed by atoms with Crippen molar-refractivity contribution < 1.29 is 28.6 Å². The third-order valence-corrected chi connectivity index (χ3v) is 7.94. The highest BCUT2D eigenvalue weighted by Gasteiger charge is 2.27. The van der Waals surface area contributed by atoms with Crippen LogP contribution < -0.4 is 14.8 Å². The molecular formula is C34H25N3O6S. The fourth-order valence-electron chi connectivity index (χ4n) is 4.58. The van der Waals surface area contributed by atoms with Crippen LogP contribution in [0.4, 0.5) is 5.82 Å². The number of nitrogens with zero attached hydrogens (tertiary/aromatic N) is 2. The number of amides is 1. The van der Waals surface area contributed by atoms with Gasteiger partial charge in [-0.1, -0.05) is 48.5 Å². The summed E-state index contributed by atoms with van der Waals surface area (Å²) < 4.78 is 18.4. The largest absolute Gasteiger partial charge is 0.465 e. The van der Waals surface area contributed by atoms with E-state index < -0.39 is 17.8 Å². The maximum absolute atomic E-state index is 13.9. The standard InChI is InChI=1S/C34H25N3O6S/c1-21-28-30(44-29(21)34(40)41-2)31(35-32(38)22-11-9-17-26(19-22)42-24-13-5-3-6-14-24)36-37(28)33(39)23-12-10-18-27(20-23)43-25-15-7-4-8-16-25/h3-20H,1-2H3,(H,35,36,38). The van der Waals surface area contributed by atoms with Gasteiger partial charge in [0.1, 0.15) is 27.9 Å². The van der Waals surface area contributed by atoms with Crippen LogP contribution in [0.1, 0.15) is 36.0 Å². The summed E-state index contributed by atoms with van der Waals surface area (Å²) in [5.41, 5.74) is 1.52. The Hall–Kier alpha value is -5.74. The van der Waals surface area contributed by atoms with Gasteiger partial charge in [0.2, 0.25) is 0 Å². The van der Waals surface area contributed by atoms with E-state index in [0.717, 1.165) is 11.3 Å². The van der Waals surface area contributed by atoms with Gasteiger partial charge >= 0.3 is 5.97 Å². The zero-order valence-electron chi connectivity index (χ0n) is 23.6. The van der Waals surface area contributed by atoms with Crippen LogP contribution in [0.2, 0.25) is 0 Å². The van der Waals surface area contributed by atoms with Crippen LogP contribution in [-0.2, 0) is 4.74 Å². The normalized spacial score (nSPS) is 10.8. The molecule has 6 rings (SSSR count). The lowest BCUT2D eigenvalue weighted by Gasteiger charge is -2.08. The van der Waals surface area contributed by atoms with Gasteiger partial charge in [-0.25, -0.2) is 4.79 Å². The summed E-state index contributed by atoms with van der Waals surface area (Å²) in [6.07, 6.45) is 0. The Labute approximate surface area is 256 Å². The number of ether oxygens (including phenoxy) is 3. The summed E-state index contributed by atoms with van der Waals surface area (Å²) in [5, 5.41) is 7.32. The second-order valence-electron chi connectivity index (χ2n) is 9.63. The number of aryl methyl sites for hydroxylation is 1. The molecule has 6 aromatic rings. The van der Waals surface area contributed by atoms with Crippen LogP contribution in [0.3, 0.4) is 0 Å². The van der Waals surface area contributed by atoms with E-state index in [0.29, 0.717) is 54.8 Å². The number of hydrogen-bond donors (Lipinski definition) is 1. The van der Waals surface area contributed by atoms with Gasteiger partial charge in [0, 0.05) is 16.7 Å². The topological polar surface area (TPSA) is 109 Å². The Morgan fingerprint density at radius 1 is 0.727 bits per heavy atom. The van der Waals surface area contributed by atoms with Crippen molar-refractivity contribution in [1.29, 1.82) is 0 Å². The average molecular weight is 604 g/mol. The van der Waals surface area contributed by atoms with E-state index in [2.05, 4.69) is 10.4 Å². The molecule has 9 nitrogen and oxygen atoms in total. The smallest absolute Gasteiger partial charge is 0.348 e. The summed E-state index contributed by atoms with van der Waals surface area (Å²) >= 11 is 1.09. The maximum Gasteiger partial charge on any atom is 0.348 e. The monoisotopic (exact) mass is 603 g/mol. The van der Waals surface area contributed by atoms with Crippen molar-refractivity contribution in [2.45, 2.75) is 6.92 Å². The first-order chi connectivity index (χ1) is 21.4. The first-order valence-electron chi connectivity index (χ1n) is 13.5. The molecule has 0 aliphatic carbocycles. The molecule has 0 saturated carbocycles. The quantitative estimate of drug-likeness (QED) is 0.177. The highest BCUT2D eigenvalue weighted by molar-refractivity contribution is 7.21. The maximum atomic E-state index is 13.9. The number of thiophene rings is 1. The van der Waals surface area contributed by atoms with E-state index in [1.54, 1.807) is 55.5 Å². The molecule has 0 fully saturated rings. The predicted molar refractivity (Wildman–Crippen MR) is 167 cm³/mol. The van der Waals surface area contributed by atoms with E-state index in [9.17, 15) is 14.4 Å². The fourth-order valence-corrected chi connectivity index (χ4v) is 5.72. The average Bonchev–Trinajstić information content (AvgIpc) is 3.58. The summed E-state index contributed by atoms with van der Waals surface area (Å²) in [5.74, 6) is 0.846. The zero-order valence-corrected chi connectivity index (χ0v) is 24.5. The molecule has 0 spiro atoms. The molecular weight excluding hydrogens is 578 g/mol. The molecule has 10 heteroatoms. The number of nitrogens with one attached hydrogen (secondary N) is 1. The third-order valence-electron chi connectivity index (χ3n) is 6.67. The van der Waals surface area contributed by atoms with Crippen LogP contribution in [0, 0.1) is 6.92 Å². The second kappa shape index (κ2) is 12.2. The Morgan fingerprint density at radius 2 is 1.27 bits per heavy atom. The second-order valence-corrected chi connectivity index (χ2v) is 10.7. The fraction of sp³-hybridized carbons (Fsp3) is 0.0588. The number of aromatic nitrogens is 2. The lowest BCUT2D eigenvalue weighted by atomic mass is 10.2. The van der Waals surface area contributed by atoms with Gasteiger partial charge in [-0.05, 0) is 67.6 Å². The number of benzene rings is 4. The highest BCUT2D eigenvalue weighted by Crippen LogP contribution is 2.37. The Morgan fingerprint density at radius 3 is 1.86 bits per heavy atom. The van der Waals surface area contributed by atoms with Crippen molar-refractivity contribution in [2.24, 2.45) is 0 Å². The SMILES string of the molecule is COC(=O)c1sc2c(NC(=O)c3cccc(Oc4ccccc4)c3)nn(C(=O)c3cccc(Oc4ccccc4)c3)c2c1C. The number of para-hydroxylation sites is 2. The van der Waals surface area contributed by atoms with Crippen molar-refractivity contribution in [3.05, 3.63) is 131 Å². The number of carbonyl (C=O) groups is 3. The number of anilines is 1. The molecule has 2 heterocycles. The van der Waals surface area contributed by atoms with Crippen molar-refractivity contribution in [3.8, 4) is 23.0 Å². The number of rotatable bonds is 8. The molecule has 0 bridgehead atoms. The summed E-state index contributed by atoms with van der Waals surface area (Å²) in [6, 6.07) is 31.9. The Bertz CT molecular complexity index is 2000. The molecule has 4 aromatic carbocycles. The van der Waals surface area contributed by atoms with Crippen molar-refractivity contribution in [2.75, 3.05) is 12.4 Å². The van der Waals surface area contributed by atoms with Crippen LogP contribution >= 0.6 is 11.3 Å². The summed E-state index contributed by atoms with van der Waals surface area (Å²) in [4.78, 5) is 40.1. The van der Waals surface area contributed by atoms with E-state index in [4.69, 9.17) is 14.2 Å². The van der Waals surface area contributed by atoms with Crippen molar-refractivity contribution >= 4 is 45.2 Å². The lowest BCUT2D eigenvalue weighted by molar-refractivity contribution is 0.0605. The molecule has 0 aliphatic rings. The van der Waals surface area contributed by atoms with Crippen LogP contribution in [0.15, 0.2) is 109 Å². The van der Waals surface area contributed by atoms with Crippen molar-refractivity contribution in [1.82, 2.24) is 9.78 Å². The minimum atomic E-state index is -0.552. The van der Waals surface area contributed by atoms with Crippen molar-refractivity contribution in [3.63, 3.8) is 0 Å². The number of methoxy groups -OCH3 is 1. The summed E-state index contributed by atoms with van der Waals surface area (Å²) in [7, 11) is 1.29. The molecule has 0 atom stereocenters. The number of carbonyl (C=O) groups excluding carboxylic acids is 3. The van der Waals surface area contributed by atoms with Gasteiger partial charge in [-0.2, -0.15) is 4.68 Å². The van der Waals surface area contributed by atoms with Crippen LogP contribution in [-0.4, -0.2) is 34.7 Å². The first-order valence-corrected chi connectivity index (χ1v) is 14.4. The Kier molecular flexibility index (Phi) is 7.90. The van der Waals surface area contributed by atoms with E-state index >= 15 is 0 Å². The van der Waals surface area contributed by atoms with Gasteiger partial charge in [0.15, 0.2) is 5.82 Å². The molecule has 44 heavy (non-hydrogen) atoms. The van der Waals surface area contributed by atoms with Gasteiger partial charge in [0.05, 0.1) is 17.3 Å². The first kappa shape index (κ1) is 28.4. The zero-order chi connectivity index (χ0) is 30.6. The van der Waals surface area contributed by atoms with Crippen LogP contribution in [0.5, 0.6) is 23.0 Å². The molecule has 0 aliphatic heterocycles. The van der Waals surface area contributed by atoms with Gasteiger partial charge in [-0.15, -0.1) is 16.4 Å². The van der Waals surface area contributed by atoms with Gasteiger partial charge in [-0.3, -0.25) is 9.59 Å². The molecule has 2 aromatic heterocycles. The molecule has 0 saturated heterocycles. The minimum absolute atomic E-state index is 0.132. The molecule has 218 valence electrons. The van der Waals surface area contributed by atoms with Gasteiger partial charge < -0.3 is 19.5 Å². The minimum Gasteiger partial charge on any atom is -0.465 e. The molecule has 0 radical (unpaired) electrons. The Balaban J connectivity index is 1.34. The molecule has 1 amide bonds. The summed E-state index contributed by atoms with van der Waals surface area (Å²) in [6.45, 7) is 1.71. The number of esters is 1. The third kappa shape index (κ3) is 5.79. The molecule has 0 unspecified atom stereocenters. The number of fused-ring (bicyclic) bond motifs is 1.